The molecule has 1 fully saturated rings. The highest BCUT2D eigenvalue weighted by atomic mass is 32.2. The normalized spacial score (nSPS) is 16.6. The van der Waals surface area contributed by atoms with Gasteiger partial charge in [0.1, 0.15) is 0 Å². The molecule has 0 spiro atoms. The molecular weight excluding hydrogens is 370 g/mol. The summed E-state index contributed by atoms with van der Waals surface area (Å²) in [6, 6.07) is 9.10. The number of non-ortho nitro benzene ring substituents is 1. The van der Waals surface area contributed by atoms with Crippen LogP contribution in [0.2, 0.25) is 0 Å². The van der Waals surface area contributed by atoms with Gasteiger partial charge in [-0.15, -0.1) is 0 Å². The summed E-state index contributed by atoms with van der Waals surface area (Å²) in [6.07, 6.45) is 1.66. The second-order valence-electron chi connectivity index (χ2n) is 5.64. The number of nitro groups is 1. The Balaban J connectivity index is 1.85. The van der Waals surface area contributed by atoms with E-state index >= 15 is 0 Å². The highest BCUT2D eigenvalue weighted by molar-refractivity contribution is 8.18. The first-order valence-corrected chi connectivity index (χ1v) is 8.60. The van der Waals surface area contributed by atoms with Crippen molar-refractivity contribution >= 4 is 40.3 Å². The fraction of sp³-hybridized carbons (Fsp3) is 0.111. The number of aliphatic imine (C=N–C) groups is 1. The molecule has 1 aliphatic rings. The number of benzene rings is 2. The Morgan fingerprint density at radius 3 is 2.74 bits per heavy atom. The molecule has 2 aromatic carbocycles. The average molecular weight is 385 g/mol. The number of nitrogens with zero attached hydrogens (tertiary/aromatic N) is 2. The number of aromatic hydroxyl groups is 1. The molecule has 0 atom stereocenters. The maximum atomic E-state index is 12.2. The van der Waals surface area contributed by atoms with Crippen LogP contribution in [0.15, 0.2) is 46.3 Å². The number of nitro benzene ring substituents is 1. The Bertz CT molecular complexity index is 1000. The molecule has 2 aromatic rings. The molecule has 3 rings (SSSR count). The number of ether oxygens (including phenoxy) is 1. The third-order valence-electron chi connectivity index (χ3n) is 3.77. The summed E-state index contributed by atoms with van der Waals surface area (Å²) in [5, 5.41) is 23.5. The van der Waals surface area contributed by atoms with Crippen molar-refractivity contribution in [2.45, 2.75) is 6.92 Å². The van der Waals surface area contributed by atoms with Gasteiger partial charge in [0, 0.05) is 12.1 Å². The third-order valence-corrected chi connectivity index (χ3v) is 4.68. The summed E-state index contributed by atoms with van der Waals surface area (Å²) in [5.41, 5.74) is 1.85. The SMILES string of the molecule is COc1cc(/C=C2/SC(=Nc3ccc([N+](=O)[O-])cc3C)NC2=O)ccc1O. The van der Waals surface area contributed by atoms with Crippen LogP contribution in [0.25, 0.3) is 6.08 Å². The van der Waals surface area contributed by atoms with Crippen molar-refractivity contribution in [3.05, 3.63) is 62.5 Å². The second kappa shape index (κ2) is 7.50. The van der Waals surface area contributed by atoms with E-state index in [9.17, 15) is 20.0 Å². The van der Waals surface area contributed by atoms with E-state index in [2.05, 4.69) is 10.3 Å². The van der Waals surface area contributed by atoms with Crippen LogP contribution in [0, 0.1) is 17.0 Å². The number of thioether (sulfide) groups is 1. The van der Waals surface area contributed by atoms with E-state index in [-0.39, 0.29) is 17.3 Å². The first kappa shape index (κ1) is 18.5. The van der Waals surface area contributed by atoms with Gasteiger partial charge in [-0.3, -0.25) is 14.9 Å². The lowest BCUT2D eigenvalue weighted by molar-refractivity contribution is -0.384. The fourth-order valence-corrected chi connectivity index (χ4v) is 3.24. The Morgan fingerprint density at radius 2 is 2.07 bits per heavy atom. The van der Waals surface area contributed by atoms with Crippen molar-refractivity contribution in [3.8, 4) is 11.5 Å². The van der Waals surface area contributed by atoms with Crippen LogP contribution < -0.4 is 10.1 Å². The van der Waals surface area contributed by atoms with E-state index in [0.717, 1.165) is 11.8 Å². The Hall–Kier alpha value is -3.33. The number of aryl methyl sites for hydroxylation is 1. The van der Waals surface area contributed by atoms with Crippen LogP contribution in [-0.2, 0) is 4.79 Å². The van der Waals surface area contributed by atoms with E-state index < -0.39 is 4.92 Å². The van der Waals surface area contributed by atoms with Crippen LogP contribution in [0.5, 0.6) is 11.5 Å². The first-order chi connectivity index (χ1) is 12.9. The molecule has 0 saturated carbocycles. The topological polar surface area (TPSA) is 114 Å². The first-order valence-electron chi connectivity index (χ1n) is 7.79. The van der Waals surface area contributed by atoms with Crippen LogP contribution in [0.4, 0.5) is 11.4 Å². The maximum Gasteiger partial charge on any atom is 0.269 e. The molecule has 1 saturated heterocycles. The molecule has 1 amide bonds. The van der Waals surface area contributed by atoms with E-state index in [1.54, 1.807) is 31.2 Å². The van der Waals surface area contributed by atoms with Crippen molar-refractivity contribution < 1.29 is 19.6 Å². The Labute approximate surface area is 158 Å². The minimum atomic E-state index is -0.469. The average Bonchev–Trinajstić information content (AvgIpc) is 2.97. The van der Waals surface area contributed by atoms with E-state index in [0.29, 0.717) is 32.6 Å². The summed E-state index contributed by atoms with van der Waals surface area (Å²) in [6.45, 7) is 1.72. The molecule has 138 valence electrons. The van der Waals surface area contributed by atoms with Crippen LogP contribution >= 0.6 is 11.8 Å². The zero-order valence-corrected chi connectivity index (χ0v) is 15.2. The molecular formula is C18H15N3O5S. The Morgan fingerprint density at radius 1 is 1.30 bits per heavy atom. The predicted molar refractivity (Wildman–Crippen MR) is 103 cm³/mol. The number of amides is 1. The maximum absolute atomic E-state index is 12.2. The second-order valence-corrected chi connectivity index (χ2v) is 6.67. The number of hydrogen-bond acceptors (Lipinski definition) is 7. The van der Waals surface area contributed by atoms with Crippen LogP contribution in [0.1, 0.15) is 11.1 Å². The summed E-state index contributed by atoms with van der Waals surface area (Å²) in [4.78, 5) is 27.3. The molecule has 0 radical (unpaired) electrons. The van der Waals surface area contributed by atoms with Crippen molar-refractivity contribution in [1.29, 1.82) is 0 Å². The quantitative estimate of drug-likeness (QED) is 0.473. The number of phenolic OH excluding ortho intramolecular Hbond substituents is 1. The molecule has 0 aromatic heterocycles. The fourth-order valence-electron chi connectivity index (χ4n) is 2.40. The number of nitrogens with one attached hydrogen (secondary N) is 1. The van der Waals surface area contributed by atoms with Gasteiger partial charge in [-0.2, -0.15) is 0 Å². The number of phenols is 1. The highest BCUT2D eigenvalue weighted by Gasteiger charge is 2.24. The van der Waals surface area contributed by atoms with Gasteiger partial charge in [0.05, 0.1) is 22.6 Å². The summed E-state index contributed by atoms with van der Waals surface area (Å²) in [7, 11) is 1.44. The van der Waals surface area contributed by atoms with E-state index in [4.69, 9.17) is 4.74 Å². The molecule has 0 unspecified atom stereocenters. The molecule has 2 N–H and O–H groups in total. The van der Waals surface area contributed by atoms with E-state index in [1.807, 2.05) is 0 Å². The smallest absolute Gasteiger partial charge is 0.269 e. The largest absolute Gasteiger partial charge is 0.504 e. The van der Waals surface area contributed by atoms with Gasteiger partial charge in [-0.05, 0) is 54.1 Å². The summed E-state index contributed by atoms with van der Waals surface area (Å²) < 4.78 is 5.06. The lowest BCUT2D eigenvalue weighted by Crippen LogP contribution is -2.19. The van der Waals surface area contributed by atoms with Crippen LogP contribution in [-0.4, -0.2) is 28.2 Å². The molecule has 8 nitrogen and oxygen atoms in total. The predicted octanol–water partition coefficient (Wildman–Crippen LogP) is 3.51. The molecule has 9 heteroatoms. The standard InChI is InChI=1S/C18H15N3O5S/c1-10-7-12(21(24)25)4-5-13(10)19-18-20-17(23)16(27-18)9-11-3-6-14(22)15(8-11)26-2/h3-9,22H,1-2H3,(H,19,20,23)/b16-9+. The van der Waals surface area contributed by atoms with Gasteiger partial charge in [0.15, 0.2) is 16.7 Å². The van der Waals surface area contributed by atoms with Crippen molar-refractivity contribution in [2.75, 3.05) is 7.11 Å². The number of amidine groups is 1. The van der Waals surface area contributed by atoms with Gasteiger partial charge < -0.3 is 15.2 Å². The third kappa shape index (κ3) is 4.09. The molecule has 0 aliphatic carbocycles. The monoisotopic (exact) mass is 385 g/mol. The number of rotatable bonds is 4. The molecule has 0 bridgehead atoms. The van der Waals surface area contributed by atoms with Gasteiger partial charge in [0.25, 0.3) is 11.6 Å². The number of hydrogen-bond donors (Lipinski definition) is 2. The van der Waals surface area contributed by atoms with Crippen molar-refractivity contribution in [3.63, 3.8) is 0 Å². The van der Waals surface area contributed by atoms with Crippen molar-refractivity contribution in [2.24, 2.45) is 4.99 Å². The zero-order chi connectivity index (χ0) is 19.6. The van der Waals surface area contributed by atoms with E-state index in [1.165, 1.54) is 25.3 Å². The Kier molecular flexibility index (Phi) is 5.13. The minimum absolute atomic E-state index is 0.0126. The van der Waals surface area contributed by atoms with Gasteiger partial charge >= 0.3 is 0 Å². The molecule has 1 heterocycles. The van der Waals surface area contributed by atoms with Gasteiger partial charge in [0.2, 0.25) is 0 Å². The lowest BCUT2D eigenvalue weighted by Gasteiger charge is -2.04. The lowest BCUT2D eigenvalue weighted by atomic mass is 10.2. The number of carbonyl (C=O) groups is 1. The van der Waals surface area contributed by atoms with Gasteiger partial charge in [-0.25, -0.2) is 4.99 Å². The zero-order valence-electron chi connectivity index (χ0n) is 14.4. The van der Waals surface area contributed by atoms with Gasteiger partial charge in [-0.1, -0.05) is 6.07 Å². The summed E-state index contributed by atoms with van der Waals surface area (Å²) in [5.74, 6) is 0.0209. The summed E-state index contributed by atoms with van der Waals surface area (Å²) >= 11 is 1.16. The minimum Gasteiger partial charge on any atom is -0.504 e. The van der Waals surface area contributed by atoms with Crippen molar-refractivity contribution in [1.82, 2.24) is 5.32 Å². The van der Waals surface area contributed by atoms with Crippen LogP contribution in [0.3, 0.4) is 0 Å². The molecule has 27 heavy (non-hydrogen) atoms. The number of carbonyl (C=O) groups excluding carboxylic acids is 1. The number of methoxy groups -OCH3 is 1. The molecule has 1 aliphatic heterocycles. The highest BCUT2D eigenvalue weighted by Crippen LogP contribution is 2.32.